The lowest BCUT2D eigenvalue weighted by Gasteiger charge is -2.28. The highest BCUT2D eigenvalue weighted by Crippen LogP contribution is 2.24. The van der Waals surface area contributed by atoms with Crippen LogP contribution in [0.2, 0.25) is 0 Å². The van der Waals surface area contributed by atoms with Crippen LogP contribution in [0.5, 0.6) is 0 Å². The van der Waals surface area contributed by atoms with E-state index >= 15 is 0 Å². The third-order valence-electron chi connectivity index (χ3n) is 4.72. The van der Waals surface area contributed by atoms with Crippen LogP contribution in [0, 0.1) is 23.5 Å². The third-order valence-corrected chi connectivity index (χ3v) is 4.72. The first-order valence-electron chi connectivity index (χ1n) is 8.46. The van der Waals surface area contributed by atoms with E-state index in [9.17, 15) is 13.6 Å². The smallest absolute Gasteiger partial charge is 0.220 e. The van der Waals surface area contributed by atoms with Crippen molar-refractivity contribution in [3.8, 4) is 0 Å². The summed E-state index contributed by atoms with van der Waals surface area (Å²) in [6.45, 7) is 5.93. The van der Waals surface area contributed by atoms with Crippen LogP contribution in [-0.2, 0) is 4.79 Å². The highest BCUT2D eigenvalue weighted by Gasteiger charge is 2.24. The van der Waals surface area contributed by atoms with Gasteiger partial charge in [-0.25, -0.2) is 8.78 Å². The zero-order valence-corrected chi connectivity index (χ0v) is 15.1. The Bertz CT molecular complexity index is 536. The van der Waals surface area contributed by atoms with Crippen LogP contribution < -0.4 is 10.6 Å². The molecule has 24 heavy (non-hydrogen) atoms. The Morgan fingerprint density at radius 3 is 2.79 bits per heavy atom. The summed E-state index contributed by atoms with van der Waals surface area (Å²) < 4.78 is 27.2. The Hall–Kier alpha value is -1.20. The first kappa shape index (κ1) is 20.8. The van der Waals surface area contributed by atoms with Crippen molar-refractivity contribution in [2.45, 2.75) is 45.6 Å². The number of amides is 1. The zero-order valence-electron chi connectivity index (χ0n) is 14.3. The number of nitrogens with one attached hydrogen (secondary N) is 2. The monoisotopic (exact) mass is 360 g/mol. The van der Waals surface area contributed by atoms with Gasteiger partial charge in [-0.1, -0.05) is 13.8 Å². The minimum absolute atomic E-state index is 0. The summed E-state index contributed by atoms with van der Waals surface area (Å²) in [7, 11) is 0. The van der Waals surface area contributed by atoms with E-state index in [0.717, 1.165) is 44.1 Å². The van der Waals surface area contributed by atoms with Crippen LogP contribution >= 0.6 is 12.4 Å². The molecule has 2 rings (SSSR count). The number of hydrogen-bond donors (Lipinski definition) is 2. The summed E-state index contributed by atoms with van der Waals surface area (Å²) in [5.74, 6) is -0.296. The van der Waals surface area contributed by atoms with E-state index in [0.29, 0.717) is 18.8 Å². The number of carbonyl (C=O) groups is 1. The van der Waals surface area contributed by atoms with E-state index in [1.54, 1.807) is 0 Å². The number of carbonyl (C=O) groups excluding carboxylic acids is 1. The van der Waals surface area contributed by atoms with Crippen molar-refractivity contribution in [3.05, 3.63) is 35.4 Å². The number of halogens is 3. The Morgan fingerprint density at radius 1 is 1.42 bits per heavy atom. The molecule has 2 N–H and O–H groups in total. The molecule has 1 amide bonds. The van der Waals surface area contributed by atoms with Gasteiger partial charge in [-0.15, -0.1) is 12.4 Å². The Kier molecular flexibility index (Phi) is 8.63. The lowest BCUT2D eigenvalue weighted by Crippen LogP contribution is -2.36. The van der Waals surface area contributed by atoms with Gasteiger partial charge in [0.15, 0.2) is 0 Å². The summed E-state index contributed by atoms with van der Waals surface area (Å²) in [4.78, 5) is 12.3. The van der Waals surface area contributed by atoms with Crippen LogP contribution in [0.15, 0.2) is 18.2 Å². The maximum atomic E-state index is 13.9. The quantitative estimate of drug-likeness (QED) is 0.805. The van der Waals surface area contributed by atoms with E-state index in [1.807, 2.05) is 6.92 Å². The minimum Gasteiger partial charge on any atom is -0.349 e. The molecule has 0 radical (unpaired) electrons. The molecule has 6 heteroatoms. The molecule has 3 atom stereocenters. The molecule has 0 bridgehead atoms. The van der Waals surface area contributed by atoms with Crippen LogP contribution in [-0.4, -0.2) is 19.0 Å². The summed E-state index contributed by atoms with van der Waals surface area (Å²) in [5, 5.41) is 6.21. The normalized spacial score (nSPS) is 19.9. The van der Waals surface area contributed by atoms with Gasteiger partial charge in [0.2, 0.25) is 5.91 Å². The molecule has 1 heterocycles. The van der Waals surface area contributed by atoms with Gasteiger partial charge in [-0.3, -0.25) is 4.79 Å². The number of hydrogen-bond acceptors (Lipinski definition) is 2. The van der Waals surface area contributed by atoms with Crippen molar-refractivity contribution in [1.82, 2.24) is 10.6 Å². The molecule has 1 aliphatic heterocycles. The second-order valence-electron chi connectivity index (χ2n) is 6.48. The van der Waals surface area contributed by atoms with Gasteiger partial charge in [-0.05, 0) is 62.4 Å². The average Bonchev–Trinajstić information content (AvgIpc) is 2.55. The molecule has 0 saturated carbocycles. The van der Waals surface area contributed by atoms with Gasteiger partial charge in [-0.2, -0.15) is 0 Å². The molecule has 1 aromatic rings. The van der Waals surface area contributed by atoms with Gasteiger partial charge in [0, 0.05) is 12.0 Å². The van der Waals surface area contributed by atoms with Gasteiger partial charge < -0.3 is 10.6 Å². The van der Waals surface area contributed by atoms with Crippen molar-refractivity contribution in [3.63, 3.8) is 0 Å². The predicted octanol–water partition coefficient (Wildman–Crippen LogP) is 3.98. The van der Waals surface area contributed by atoms with E-state index in [2.05, 4.69) is 17.6 Å². The lowest BCUT2D eigenvalue weighted by atomic mass is 9.85. The van der Waals surface area contributed by atoms with Crippen molar-refractivity contribution in [2.24, 2.45) is 11.8 Å². The maximum Gasteiger partial charge on any atom is 0.220 e. The molecule has 0 spiro atoms. The van der Waals surface area contributed by atoms with Gasteiger partial charge in [0.1, 0.15) is 11.6 Å². The first-order valence-corrected chi connectivity index (χ1v) is 8.46. The van der Waals surface area contributed by atoms with Gasteiger partial charge in [0.25, 0.3) is 0 Å². The molecule has 3 unspecified atom stereocenters. The highest BCUT2D eigenvalue weighted by atomic mass is 35.5. The van der Waals surface area contributed by atoms with Crippen LogP contribution in [0.3, 0.4) is 0 Å². The molecule has 1 fully saturated rings. The Labute approximate surface area is 149 Å². The molecule has 1 aromatic carbocycles. The van der Waals surface area contributed by atoms with Crippen LogP contribution in [0.1, 0.15) is 51.1 Å². The lowest BCUT2D eigenvalue weighted by molar-refractivity contribution is -0.123. The average molecular weight is 361 g/mol. The first-order chi connectivity index (χ1) is 11.0. The fourth-order valence-corrected chi connectivity index (χ4v) is 3.26. The van der Waals surface area contributed by atoms with E-state index in [4.69, 9.17) is 0 Å². The summed E-state index contributed by atoms with van der Waals surface area (Å²) in [5.41, 5.74) is 0.216. The van der Waals surface area contributed by atoms with E-state index in [1.165, 1.54) is 0 Å². The standard InChI is InChI=1S/C18H26F2N2O.ClH/c1-3-17(15-10-14(19)6-7-16(15)20)22-18(23)9-12(2)13-5-4-8-21-11-13;/h6-7,10,12-13,17,21H,3-5,8-9,11H2,1-2H3,(H,22,23);1H. The zero-order chi connectivity index (χ0) is 16.8. The van der Waals surface area contributed by atoms with Crippen LogP contribution in [0.25, 0.3) is 0 Å². The molecule has 0 aliphatic carbocycles. The maximum absolute atomic E-state index is 13.9. The molecule has 136 valence electrons. The minimum atomic E-state index is -0.491. The molecule has 1 saturated heterocycles. The summed E-state index contributed by atoms with van der Waals surface area (Å²) in [6, 6.07) is 2.87. The van der Waals surface area contributed by atoms with Gasteiger partial charge in [0.05, 0.1) is 6.04 Å². The topological polar surface area (TPSA) is 41.1 Å². The van der Waals surface area contributed by atoms with Crippen molar-refractivity contribution in [1.29, 1.82) is 0 Å². The van der Waals surface area contributed by atoms with Crippen LogP contribution in [0.4, 0.5) is 8.78 Å². The number of rotatable bonds is 6. The summed E-state index contributed by atoms with van der Waals surface area (Å²) in [6.07, 6.45) is 3.21. The fraction of sp³-hybridized carbons (Fsp3) is 0.611. The van der Waals surface area contributed by atoms with Crippen molar-refractivity contribution in [2.75, 3.05) is 13.1 Å². The highest BCUT2D eigenvalue weighted by molar-refractivity contribution is 5.85. The predicted molar refractivity (Wildman–Crippen MR) is 94.2 cm³/mol. The van der Waals surface area contributed by atoms with Gasteiger partial charge >= 0.3 is 0 Å². The Balaban J connectivity index is 0.00000288. The molecule has 0 aromatic heterocycles. The van der Waals surface area contributed by atoms with E-state index in [-0.39, 0.29) is 29.8 Å². The molecular weight excluding hydrogens is 334 g/mol. The second kappa shape index (κ2) is 9.94. The van der Waals surface area contributed by atoms with Crippen molar-refractivity contribution < 1.29 is 13.6 Å². The van der Waals surface area contributed by atoms with E-state index < -0.39 is 17.7 Å². The third kappa shape index (κ3) is 5.71. The molecule has 1 aliphatic rings. The molecular formula is C18H27ClF2N2O. The second-order valence-corrected chi connectivity index (χ2v) is 6.48. The molecule has 3 nitrogen and oxygen atoms in total. The number of benzene rings is 1. The Morgan fingerprint density at radius 2 is 2.17 bits per heavy atom. The SMILES string of the molecule is CCC(NC(=O)CC(C)C1CCCNC1)c1cc(F)ccc1F.Cl. The fourth-order valence-electron chi connectivity index (χ4n) is 3.26. The summed E-state index contributed by atoms with van der Waals surface area (Å²) >= 11 is 0. The number of piperidine rings is 1. The largest absolute Gasteiger partial charge is 0.349 e. The van der Waals surface area contributed by atoms with Crippen molar-refractivity contribution >= 4 is 18.3 Å².